The fraction of sp³-hybridized carbons (Fsp3) is 0.862. The van der Waals surface area contributed by atoms with E-state index in [0.29, 0.717) is 29.8 Å². The van der Waals surface area contributed by atoms with Crippen molar-refractivity contribution in [3.05, 3.63) is 11.8 Å². The second-order valence-electron chi connectivity index (χ2n) is 9.93. The molecule has 0 atom stereocenters. The predicted molar refractivity (Wildman–Crippen MR) is 140 cm³/mol. The molecule has 3 saturated carbocycles. The van der Waals surface area contributed by atoms with Crippen molar-refractivity contribution in [2.24, 2.45) is 17.8 Å². The fourth-order valence-corrected chi connectivity index (χ4v) is 5.46. The standard InChI is InChI=1S/C17H28O2.C9H16O.3CH4/c18-16(11-14-7-3-1-4-8-14)13-17(19)12-15-9-5-2-6-10-15;1-8(10)7-9-5-3-2-4-6-9;;;/h13-15,18H,1-12H2;9H,2-7H2,1H3;3*1H4/b16-13-;;;;. The van der Waals surface area contributed by atoms with Crippen LogP contribution in [0.15, 0.2) is 11.8 Å². The molecule has 0 aliphatic heterocycles. The van der Waals surface area contributed by atoms with Gasteiger partial charge in [-0.05, 0) is 24.7 Å². The molecule has 190 valence electrons. The highest BCUT2D eigenvalue weighted by Crippen LogP contribution is 2.29. The van der Waals surface area contributed by atoms with E-state index in [0.717, 1.165) is 18.8 Å². The van der Waals surface area contributed by atoms with Gasteiger partial charge in [0, 0.05) is 25.3 Å². The Kier molecular flexibility index (Phi) is 20.0. The highest BCUT2D eigenvalue weighted by molar-refractivity contribution is 5.90. The Hall–Kier alpha value is -1.12. The second-order valence-corrected chi connectivity index (χ2v) is 9.93. The Balaban J connectivity index is 0. The van der Waals surface area contributed by atoms with Gasteiger partial charge in [0.25, 0.3) is 0 Å². The summed E-state index contributed by atoms with van der Waals surface area (Å²) in [5, 5.41) is 9.94. The molecule has 0 bridgehead atoms. The minimum atomic E-state index is 0. The van der Waals surface area contributed by atoms with E-state index in [4.69, 9.17) is 0 Å². The molecule has 0 heterocycles. The van der Waals surface area contributed by atoms with Crippen molar-refractivity contribution in [1.82, 2.24) is 0 Å². The van der Waals surface area contributed by atoms with E-state index in [2.05, 4.69) is 0 Å². The lowest BCUT2D eigenvalue weighted by atomic mass is 9.85. The number of ketones is 2. The van der Waals surface area contributed by atoms with Crippen LogP contribution in [0.25, 0.3) is 0 Å². The maximum Gasteiger partial charge on any atom is 0.159 e. The molecule has 32 heavy (non-hydrogen) atoms. The maximum atomic E-state index is 11.9. The Morgan fingerprint density at radius 2 is 0.969 bits per heavy atom. The third-order valence-electron chi connectivity index (χ3n) is 7.07. The minimum Gasteiger partial charge on any atom is -0.512 e. The fourth-order valence-electron chi connectivity index (χ4n) is 5.46. The summed E-state index contributed by atoms with van der Waals surface area (Å²) in [6, 6.07) is 0. The quantitative estimate of drug-likeness (QED) is 0.309. The van der Waals surface area contributed by atoms with Crippen LogP contribution in [0.3, 0.4) is 0 Å². The normalized spacial score (nSPS) is 20.5. The SMILES string of the molecule is C.C.C.CC(=O)CC1CCCCC1.O=C(/C=C(\O)CC1CCCCC1)CC1CCCCC1. The van der Waals surface area contributed by atoms with Gasteiger partial charge in [0.15, 0.2) is 5.78 Å². The average Bonchev–Trinajstić information content (AvgIpc) is 2.70. The van der Waals surface area contributed by atoms with Crippen LogP contribution < -0.4 is 0 Å². The van der Waals surface area contributed by atoms with Gasteiger partial charge < -0.3 is 9.90 Å². The summed E-state index contributed by atoms with van der Waals surface area (Å²) >= 11 is 0. The molecule has 3 fully saturated rings. The molecule has 0 amide bonds. The molecule has 3 aliphatic rings. The molecule has 0 unspecified atom stereocenters. The molecular formula is C29H56O3. The summed E-state index contributed by atoms with van der Waals surface area (Å²) in [6.07, 6.45) is 23.0. The van der Waals surface area contributed by atoms with Gasteiger partial charge in [-0.1, -0.05) is 119 Å². The second kappa shape index (κ2) is 19.4. The molecule has 1 N–H and O–H groups in total. The van der Waals surface area contributed by atoms with Gasteiger partial charge in [0.1, 0.15) is 5.78 Å². The largest absolute Gasteiger partial charge is 0.512 e. The lowest BCUT2D eigenvalue weighted by molar-refractivity contribution is -0.118. The Morgan fingerprint density at radius 3 is 1.34 bits per heavy atom. The lowest BCUT2D eigenvalue weighted by Crippen LogP contribution is -2.12. The third-order valence-corrected chi connectivity index (χ3v) is 7.07. The van der Waals surface area contributed by atoms with Crippen LogP contribution in [-0.4, -0.2) is 16.7 Å². The van der Waals surface area contributed by atoms with E-state index < -0.39 is 0 Å². The number of rotatable bonds is 7. The third kappa shape index (κ3) is 14.9. The number of Topliss-reactive ketones (excluding diaryl/α,β-unsaturated/α-hetero) is 1. The maximum absolute atomic E-state index is 11.9. The summed E-state index contributed by atoms with van der Waals surface area (Å²) < 4.78 is 0. The van der Waals surface area contributed by atoms with Crippen molar-refractivity contribution >= 4 is 11.6 Å². The summed E-state index contributed by atoms with van der Waals surface area (Å²) in [7, 11) is 0. The van der Waals surface area contributed by atoms with Crippen LogP contribution in [0.1, 0.15) is 145 Å². The van der Waals surface area contributed by atoms with Crippen LogP contribution in [-0.2, 0) is 9.59 Å². The highest BCUT2D eigenvalue weighted by Gasteiger charge is 2.18. The van der Waals surface area contributed by atoms with Crippen LogP contribution in [0.5, 0.6) is 0 Å². The summed E-state index contributed by atoms with van der Waals surface area (Å²) in [4.78, 5) is 22.6. The summed E-state index contributed by atoms with van der Waals surface area (Å²) in [6.45, 7) is 1.70. The van der Waals surface area contributed by atoms with Gasteiger partial charge in [-0.3, -0.25) is 4.79 Å². The van der Waals surface area contributed by atoms with Crippen LogP contribution >= 0.6 is 0 Å². The molecule has 0 saturated heterocycles. The van der Waals surface area contributed by atoms with E-state index in [-0.39, 0.29) is 28.1 Å². The van der Waals surface area contributed by atoms with E-state index >= 15 is 0 Å². The number of aliphatic hydroxyl groups is 1. The zero-order valence-electron chi connectivity index (χ0n) is 18.8. The zero-order valence-corrected chi connectivity index (χ0v) is 18.8. The summed E-state index contributed by atoms with van der Waals surface area (Å²) in [5.41, 5.74) is 0. The predicted octanol–water partition coefficient (Wildman–Crippen LogP) is 9.39. The van der Waals surface area contributed by atoms with Gasteiger partial charge in [-0.15, -0.1) is 0 Å². The Bertz CT molecular complexity index is 504. The van der Waals surface area contributed by atoms with Gasteiger partial charge in [0.05, 0.1) is 5.76 Å². The van der Waals surface area contributed by atoms with Crippen molar-refractivity contribution in [2.45, 2.75) is 145 Å². The van der Waals surface area contributed by atoms with Crippen LogP contribution in [0.2, 0.25) is 0 Å². The molecule has 0 aromatic heterocycles. The summed E-state index contributed by atoms with van der Waals surface area (Å²) in [5.74, 6) is 2.73. The first-order chi connectivity index (χ1) is 14.0. The highest BCUT2D eigenvalue weighted by atomic mass is 16.3. The monoisotopic (exact) mass is 452 g/mol. The average molecular weight is 453 g/mol. The lowest BCUT2D eigenvalue weighted by Gasteiger charge is -2.21. The van der Waals surface area contributed by atoms with E-state index in [1.807, 2.05) is 0 Å². The smallest absolute Gasteiger partial charge is 0.159 e. The molecule has 3 nitrogen and oxygen atoms in total. The molecule has 0 aromatic rings. The topological polar surface area (TPSA) is 54.4 Å². The first-order valence-electron chi connectivity index (χ1n) is 12.4. The van der Waals surface area contributed by atoms with Crippen molar-refractivity contribution in [1.29, 1.82) is 0 Å². The molecule has 3 heteroatoms. The Labute approximate surface area is 200 Å². The molecular weight excluding hydrogens is 396 g/mol. The van der Waals surface area contributed by atoms with E-state index in [9.17, 15) is 14.7 Å². The van der Waals surface area contributed by atoms with Crippen molar-refractivity contribution < 1.29 is 14.7 Å². The molecule has 0 spiro atoms. The number of aliphatic hydroxyl groups excluding tert-OH is 1. The van der Waals surface area contributed by atoms with Crippen molar-refractivity contribution in [3.8, 4) is 0 Å². The van der Waals surface area contributed by atoms with Gasteiger partial charge in [-0.25, -0.2) is 0 Å². The van der Waals surface area contributed by atoms with Crippen LogP contribution in [0, 0.1) is 17.8 Å². The van der Waals surface area contributed by atoms with E-state index in [1.165, 1.54) is 102 Å². The number of allylic oxidation sites excluding steroid dienone is 2. The number of carbonyl (C=O) groups is 2. The van der Waals surface area contributed by atoms with Gasteiger partial charge in [0.2, 0.25) is 0 Å². The minimum absolute atomic E-state index is 0. The first-order valence-corrected chi connectivity index (χ1v) is 12.4. The van der Waals surface area contributed by atoms with Crippen LogP contribution in [0.4, 0.5) is 0 Å². The van der Waals surface area contributed by atoms with E-state index in [1.54, 1.807) is 6.92 Å². The molecule has 0 radical (unpaired) electrons. The Morgan fingerprint density at radius 1 is 0.625 bits per heavy atom. The molecule has 3 rings (SSSR count). The molecule has 0 aromatic carbocycles. The van der Waals surface area contributed by atoms with Crippen molar-refractivity contribution in [2.75, 3.05) is 0 Å². The molecule has 3 aliphatic carbocycles. The van der Waals surface area contributed by atoms with Gasteiger partial charge in [-0.2, -0.15) is 0 Å². The number of carbonyl (C=O) groups excluding carboxylic acids is 2. The number of hydrogen-bond acceptors (Lipinski definition) is 3. The van der Waals surface area contributed by atoms with Crippen molar-refractivity contribution in [3.63, 3.8) is 0 Å². The first kappa shape index (κ1) is 33.1. The van der Waals surface area contributed by atoms with Gasteiger partial charge >= 0.3 is 0 Å². The zero-order chi connectivity index (χ0) is 20.9. The number of hydrogen-bond donors (Lipinski definition) is 1.